The van der Waals surface area contributed by atoms with E-state index < -0.39 is 11.9 Å². The number of hydrogen-bond donors (Lipinski definition) is 1. The van der Waals surface area contributed by atoms with Gasteiger partial charge in [-0.3, -0.25) is 9.59 Å². The summed E-state index contributed by atoms with van der Waals surface area (Å²) < 4.78 is 0. The third kappa shape index (κ3) is 5.49. The van der Waals surface area contributed by atoms with E-state index >= 15 is 0 Å². The molecular formula is C15H28N2O3. The molecule has 0 spiro atoms. The molecule has 116 valence electrons. The Kier molecular flexibility index (Phi) is 6.99. The quantitative estimate of drug-likeness (QED) is 0.663. The van der Waals surface area contributed by atoms with Crippen LogP contribution >= 0.6 is 0 Å². The molecule has 0 bridgehead atoms. The lowest BCUT2D eigenvalue weighted by Crippen LogP contribution is -2.39. The monoisotopic (exact) mass is 284 g/mol. The highest BCUT2D eigenvalue weighted by Crippen LogP contribution is 2.31. The summed E-state index contributed by atoms with van der Waals surface area (Å²) in [6, 6.07) is 0. The molecule has 1 aliphatic carbocycles. The van der Waals surface area contributed by atoms with E-state index in [4.69, 9.17) is 5.11 Å². The summed E-state index contributed by atoms with van der Waals surface area (Å²) in [5.74, 6) is -1.02. The Morgan fingerprint density at radius 2 is 1.80 bits per heavy atom. The fraction of sp³-hybridized carbons (Fsp3) is 0.867. The Labute approximate surface area is 121 Å². The van der Waals surface area contributed by atoms with E-state index in [2.05, 4.69) is 18.7 Å². The first kappa shape index (κ1) is 17.0. The van der Waals surface area contributed by atoms with E-state index in [0.29, 0.717) is 13.1 Å². The van der Waals surface area contributed by atoms with Gasteiger partial charge in [0.25, 0.3) is 0 Å². The van der Waals surface area contributed by atoms with Crippen LogP contribution in [0.15, 0.2) is 0 Å². The van der Waals surface area contributed by atoms with Gasteiger partial charge in [-0.05, 0) is 38.9 Å². The largest absolute Gasteiger partial charge is 0.481 e. The smallest absolute Gasteiger partial charge is 0.308 e. The Morgan fingerprint density at radius 1 is 1.20 bits per heavy atom. The number of rotatable bonds is 10. The second-order valence-electron chi connectivity index (χ2n) is 5.68. The lowest BCUT2D eigenvalue weighted by Gasteiger charge is -2.26. The molecule has 20 heavy (non-hydrogen) atoms. The Hall–Kier alpha value is -1.10. The SMILES string of the molecule is CCN(CC)CCCN(CC(C)C(=O)O)C(=O)C1CC1. The first-order valence-corrected chi connectivity index (χ1v) is 7.73. The molecular weight excluding hydrogens is 256 g/mol. The zero-order valence-corrected chi connectivity index (χ0v) is 13.0. The van der Waals surface area contributed by atoms with Gasteiger partial charge in [-0.1, -0.05) is 20.8 Å². The third-order valence-corrected chi connectivity index (χ3v) is 3.95. The molecule has 5 heteroatoms. The van der Waals surface area contributed by atoms with Crippen molar-refractivity contribution in [2.45, 2.75) is 40.0 Å². The standard InChI is InChI=1S/C15H28N2O3/c1-4-16(5-2)9-6-10-17(11-12(3)15(19)20)14(18)13-7-8-13/h12-13H,4-11H2,1-3H3,(H,19,20). The van der Waals surface area contributed by atoms with Gasteiger partial charge in [0.15, 0.2) is 0 Å². The predicted octanol–water partition coefficient (Wildman–Crippen LogP) is 1.68. The molecule has 1 rings (SSSR count). The second-order valence-corrected chi connectivity index (χ2v) is 5.68. The van der Waals surface area contributed by atoms with Crippen molar-refractivity contribution in [3.05, 3.63) is 0 Å². The minimum atomic E-state index is -0.831. The summed E-state index contributed by atoms with van der Waals surface area (Å²) in [5.41, 5.74) is 0. The zero-order chi connectivity index (χ0) is 15.1. The highest BCUT2D eigenvalue weighted by molar-refractivity contribution is 5.81. The van der Waals surface area contributed by atoms with Crippen LogP contribution in [0.4, 0.5) is 0 Å². The topological polar surface area (TPSA) is 60.9 Å². The molecule has 0 aliphatic heterocycles. The zero-order valence-electron chi connectivity index (χ0n) is 13.0. The number of carbonyl (C=O) groups excluding carboxylic acids is 1. The van der Waals surface area contributed by atoms with Crippen LogP contribution < -0.4 is 0 Å². The minimum Gasteiger partial charge on any atom is -0.481 e. The van der Waals surface area contributed by atoms with Crippen LogP contribution in [0.3, 0.4) is 0 Å². The molecule has 0 heterocycles. The normalized spacial score (nSPS) is 16.2. The van der Waals surface area contributed by atoms with Gasteiger partial charge in [-0.2, -0.15) is 0 Å². The Bertz CT molecular complexity index is 325. The van der Waals surface area contributed by atoms with Crippen LogP contribution in [-0.4, -0.2) is 59.5 Å². The molecule has 0 radical (unpaired) electrons. The van der Waals surface area contributed by atoms with E-state index in [1.165, 1.54) is 0 Å². The van der Waals surface area contributed by atoms with Crippen molar-refractivity contribution < 1.29 is 14.7 Å². The summed E-state index contributed by atoms with van der Waals surface area (Å²) in [5, 5.41) is 9.01. The molecule has 1 N–H and O–H groups in total. The lowest BCUT2D eigenvalue weighted by molar-refractivity contribution is -0.143. The number of carboxylic acid groups (broad SMARTS) is 1. The number of carboxylic acids is 1. The van der Waals surface area contributed by atoms with Gasteiger partial charge in [0, 0.05) is 19.0 Å². The number of hydrogen-bond acceptors (Lipinski definition) is 3. The first-order valence-electron chi connectivity index (χ1n) is 7.73. The van der Waals surface area contributed by atoms with Crippen molar-refractivity contribution in [3.63, 3.8) is 0 Å². The van der Waals surface area contributed by atoms with Gasteiger partial charge in [-0.15, -0.1) is 0 Å². The average molecular weight is 284 g/mol. The maximum atomic E-state index is 12.2. The van der Waals surface area contributed by atoms with Gasteiger partial charge >= 0.3 is 5.97 Å². The third-order valence-electron chi connectivity index (χ3n) is 3.95. The number of carbonyl (C=O) groups is 2. The maximum Gasteiger partial charge on any atom is 0.308 e. The molecule has 1 amide bonds. The van der Waals surface area contributed by atoms with E-state index in [1.54, 1.807) is 11.8 Å². The van der Waals surface area contributed by atoms with E-state index in [0.717, 1.165) is 38.9 Å². The maximum absolute atomic E-state index is 12.2. The summed E-state index contributed by atoms with van der Waals surface area (Å²) in [6.45, 7) is 9.92. The average Bonchev–Trinajstić information content (AvgIpc) is 3.25. The van der Waals surface area contributed by atoms with Crippen LogP contribution in [-0.2, 0) is 9.59 Å². The van der Waals surface area contributed by atoms with E-state index in [-0.39, 0.29) is 11.8 Å². The van der Waals surface area contributed by atoms with Gasteiger partial charge < -0.3 is 14.9 Å². The molecule has 1 fully saturated rings. The Balaban J connectivity index is 2.45. The predicted molar refractivity (Wildman–Crippen MR) is 78.5 cm³/mol. The highest BCUT2D eigenvalue weighted by atomic mass is 16.4. The van der Waals surface area contributed by atoms with Gasteiger partial charge in [0.1, 0.15) is 0 Å². The van der Waals surface area contributed by atoms with Crippen molar-refractivity contribution >= 4 is 11.9 Å². The van der Waals surface area contributed by atoms with Gasteiger partial charge in [0.2, 0.25) is 5.91 Å². The fourth-order valence-corrected chi connectivity index (χ4v) is 2.31. The van der Waals surface area contributed by atoms with Crippen LogP contribution in [0, 0.1) is 11.8 Å². The molecule has 1 saturated carbocycles. The van der Waals surface area contributed by atoms with Gasteiger partial charge in [0.05, 0.1) is 5.92 Å². The molecule has 0 aromatic rings. The lowest BCUT2D eigenvalue weighted by atomic mass is 10.1. The molecule has 1 unspecified atom stereocenters. The number of nitrogens with zero attached hydrogens (tertiary/aromatic N) is 2. The van der Waals surface area contributed by atoms with Crippen molar-refractivity contribution in [3.8, 4) is 0 Å². The van der Waals surface area contributed by atoms with E-state index in [1.807, 2.05) is 0 Å². The fourth-order valence-electron chi connectivity index (χ4n) is 2.31. The molecule has 0 aromatic carbocycles. The second kappa shape index (κ2) is 8.25. The van der Waals surface area contributed by atoms with E-state index in [9.17, 15) is 9.59 Å². The number of aliphatic carboxylic acids is 1. The molecule has 0 aromatic heterocycles. The van der Waals surface area contributed by atoms with Crippen molar-refractivity contribution in [2.24, 2.45) is 11.8 Å². The highest BCUT2D eigenvalue weighted by Gasteiger charge is 2.34. The summed E-state index contributed by atoms with van der Waals surface area (Å²) in [4.78, 5) is 27.3. The van der Waals surface area contributed by atoms with Crippen LogP contribution in [0.2, 0.25) is 0 Å². The van der Waals surface area contributed by atoms with Crippen molar-refractivity contribution in [1.82, 2.24) is 9.80 Å². The van der Waals surface area contributed by atoms with Crippen LogP contribution in [0.1, 0.15) is 40.0 Å². The summed E-state index contributed by atoms with van der Waals surface area (Å²) in [7, 11) is 0. The van der Waals surface area contributed by atoms with Crippen molar-refractivity contribution in [1.29, 1.82) is 0 Å². The van der Waals surface area contributed by atoms with Crippen LogP contribution in [0.5, 0.6) is 0 Å². The summed E-state index contributed by atoms with van der Waals surface area (Å²) in [6.07, 6.45) is 2.84. The molecule has 1 aliphatic rings. The molecule has 5 nitrogen and oxygen atoms in total. The first-order chi connectivity index (χ1) is 9.49. The van der Waals surface area contributed by atoms with Gasteiger partial charge in [-0.25, -0.2) is 0 Å². The molecule has 1 atom stereocenters. The Morgan fingerprint density at radius 3 is 2.25 bits per heavy atom. The molecule has 0 saturated heterocycles. The van der Waals surface area contributed by atoms with Crippen LogP contribution in [0.25, 0.3) is 0 Å². The summed E-state index contributed by atoms with van der Waals surface area (Å²) >= 11 is 0. The van der Waals surface area contributed by atoms with Crippen molar-refractivity contribution in [2.75, 3.05) is 32.7 Å². The minimum absolute atomic E-state index is 0.151. The number of amides is 1.